The van der Waals surface area contributed by atoms with E-state index in [4.69, 9.17) is 0 Å². The van der Waals surface area contributed by atoms with Crippen LogP contribution in [0, 0.1) is 0 Å². The summed E-state index contributed by atoms with van der Waals surface area (Å²) in [6, 6.07) is 61.2. The lowest BCUT2D eigenvalue weighted by Crippen LogP contribution is -2.37. The van der Waals surface area contributed by atoms with E-state index in [-0.39, 0.29) is 0 Å². The molecule has 2 heterocycles. The van der Waals surface area contributed by atoms with Crippen molar-refractivity contribution < 1.29 is 0 Å². The molecule has 0 fully saturated rings. The third kappa shape index (κ3) is 6.82. The van der Waals surface area contributed by atoms with E-state index in [1.807, 2.05) is 0 Å². The quantitative estimate of drug-likeness (QED) is 0.102. The first-order valence-electron chi connectivity index (χ1n) is 18.9. The van der Waals surface area contributed by atoms with Crippen LogP contribution in [0.3, 0.4) is 0 Å². The van der Waals surface area contributed by atoms with Crippen LogP contribution in [0.4, 0.5) is 22.7 Å². The predicted octanol–water partition coefficient (Wildman–Crippen LogP) is 13.7. The van der Waals surface area contributed by atoms with Crippen LogP contribution in [0.25, 0.3) is 22.5 Å². The maximum atomic E-state index is 2.47. The lowest BCUT2D eigenvalue weighted by Gasteiger charge is -2.35. The highest BCUT2D eigenvalue weighted by Gasteiger charge is 2.40. The first-order valence-corrected chi connectivity index (χ1v) is 24.9. The molecule has 0 N–H and O–H groups in total. The number of hydrogen-bond acceptors (Lipinski definition) is 2. The number of nitrogens with zero attached hydrogens (tertiary/aromatic N) is 2. The molecule has 0 amide bonds. The molecule has 0 radical (unpaired) electrons. The van der Waals surface area contributed by atoms with Crippen molar-refractivity contribution in [2.24, 2.45) is 0 Å². The van der Waals surface area contributed by atoms with Crippen molar-refractivity contribution in [1.82, 2.24) is 0 Å². The summed E-state index contributed by atoms with van der Waals surface area (Å²) in [6.45, 7) is 9.88. The van der Waals surface area contributed by atoms with Gasteiger partial charge in [0.05, 0.1) is 0 Å². The van der Waals surface area contributed by atoms with E-state index >= 15 is 0 Å². The van der Waals surface area contributed by atoms with Gasteiger partial charge in [-0.25, -0.2) is 0 Å². The summed E-state index contributed by atoms with van der Waals surface area (Å²) in [5, 5.41) is 5.72. The zero-order chi connectivity index (χ0) is 37.1. The SMILES string of the molecule is C[Si]1(C)C(c2ccc(/C=C/c3ccc(C4=CC=C(N(c5ccccc5)c5ccccc5)[Si]4(C)C)cc3)cc2)=CC=C1N(c1ccccc1)c1ccccc1. The van der Waals surface area contributed by atoms with Crippen LogP contribution in [-0.4, -0.2) is 16.1 Å². The minimum Gasteiger partial charge on any atom is -0.318 e. The molecule has 8 rings (SSSR count). The first-order chi connectivity index (χ1) is 26.3. The van der Waals surface area contributed by atoms with E-state index in [2.05, 4.69) is 242 Å². The fourth-order valence-corrected chi connectivity index (χ4v) is 13.9. The molecule has 2 nitrogen and oxygen atoms in total. The highest BCUT2D eigenvalue weighted by Crippen LogP contribution is 2.44. The van der Waals surface area contributed by atoms with Gasteiger partial charge in [-0.05, 0) is 93.3 Å². The molecule has 2 aliphatic rings. The highest BCUT2D eigenvalue weighted by atomic mass is 28.3. The summed E-state index contributed by atoms with van der Waals surface area (Å²) in [5.41, 5.74) is 9.81. The van der Waals surface area contributed by atoms with E-state index in [0.717, 1.165) is 0 Å². The van der Waals surface area contributed by atoms with Crippen LogP contribution in [0.5, 0.6) is 0 Å². The van der Waals surface area contributed by atoms with Crippen molar-refractivity contribution in [3.8, 4) is 0 Å². The molecular weight excluding hydrogens is 685 g/mol. The van der Waals surface area contributed by atoms with Crippen LogP contribution < -0.4 is 9.80 Å². The second-order valence-corrected chi connectivity index (χ2v) is 23.7. The minimum absolute atomic E-state index is 1.20. The van der Waals surface area contributed by atoms with Gasteiger partial charge in [0.25, 0.3) is 0 Å². The van der Waals surface area contributed by atoms with E-state index in [1.54, 1.807) is 0 Å². The molecule has 0 aromatic heterocycles. The number of allylic oxidation sites excluding steroid dienone is 4. The zero-order valence-electron chi connectivity index (χ0n) is 31.5. The van der Waals surface area contributed by atoms with Crippen LogP contribution in [0.15, 0.2) is 205 Å². The Labute approximate surface area is 323 Å². The Morgan fingerprint density at radius 2 is 0.611 bits per heavy atom. The van der Waals surface area contributed by atoms with Gasteiger partial charge in [-0.1, -0.05) is 172 Å². The molecule has 0 saturated heterocycles. The number of anilines is 4. The van der Waals surface area contributed by atoms with Gasteiger partial charge in [-0.15, -0.1) is 0 Å². The zero-order valence-corrected chi connectivity index (χ0v) is 33.5. The average molecular weight is 731 g/mol. The fourth-order valence-electron chi connectivity index (χ4n) is 7.96. The van der Waals surface area contributed by atoms with Crippen LogP contribution in [0.1, 0.15) is 22.3 Å². The van der Waals surface area contributed by atoms with Gasteiger partial charge < -0.3 is 9.80 Å². The molecule has 0 aliphatic carbocycles. The smallest absolute Gasteiger partial charge is 0.134 e. The van der Waals surface area contributed by atoms with Crippen LogP contribution >= 0.6 is 0 Å². The highest BCUT2D eigenvalue weighted by molar-refractivity contribution is 7.02. The third-order valence-electron chi connectivity index (χ3n) is 10.9. The maximum Gasteiger partial charge on any atom is 0.134 e. The second-order valence-electron chi connectivity index (χ2n) is 15.1. The molecule has 0 spiro atoms. The molecule has 2 aliphatic heterocycles. The molecule has 0 atom stereocenters. The number of para-hydroxylation sites is 4. The lowest BCUT2D eigenvalue weighted by atomic mass is 10.1. The standard InChI is InChI=1S/C50H46N2Si2/c1-53(2)47(35-37-49(53)51(43-17-9-5-10-18-43)44-19-11-6-12-20-44)41-31-27-39(28-32-41)25-26-40-29-33-42(34-30-40)48-36-38-50(54(48,3)4)52(45-21-13-7-14-22-45)46-23-15-8-16-24-46/h5-38H,1-4H3/b26-25+. The molecule has 0 saturated carbocycles. The predicted molar refractivity (Wildman–Crippen MR) is 239 cm³/mol. The molecule has 264 valence electrons. The van der Waals surface area contributed by atoms with Gasteiger partial charge >= 0.3 is 0 Å². The molecule has 0 unspecified atom stereocenters. The van der Waals surface area contributed by atoms with E-state index in [0.29, 0.717) is 0 Å². The third-order valence-corrected chi connectivity index (χ3v) is 17.8. The van der Waals surface area contributed by atoms with Gasteiger partial charge in [-0.3, -0.25) is 0 Å². The number of benzene rings is 6. The summed E-state index contributed by atoms with van der Waals surface area (Å²) in [4.78, 5) is 4.90. The Bertz CT molecular complexity index is 2140. The summed E-state index contributed by atoms with van der Waals surface area (Å²) in [6.07, 6.45) is 13.9. The van der Waals surface area contributed by atoms with Gasteiger partial charge in [0.15, 0.2) is 0 Å². The summed E-state index contributed by atoms with van der Waals surface area (Å²) < 4.78 is 0. The van der Waals surface area contributed by atoms with Gasteiger partial charge in [0, 0.05) is 33.4 Å². The Kier molecular flexibility index (Phi) is 9.64. The van der Waals surface area contributed by atoms with Crippen molar-refractivity contribution in [2.75, 3.05) is 9.80 Å². The van der Waals surface area contributed by atoms with Crippen molar-refractivity contribution >= 4 is 61.4 Å². The van der Waals surface area contributed by atoms with Gasteiger partial charge in [-0.2, -0.15) is 0 Å². The van der Waals surface area contributed by atoms with Gasteiger partial charge in [0.2, 0.25) is 0 Å². The monoisotopic (exact) mass is 730 g/mol. The largest absolute Gasteiger partial charge is 0.318 e. The Morgan fingerprint density at radius 3 is 0.889 bits per heavy atom. The molecule has 6 aromatic rings. The van der Waals surface area contributed by atoms with Crippen LogP contribution in [-0.2, 0) is 0 Å². The minimum atomic E-state index is -2.01. The molecule has 4 heteroatoms. The van der Waals surface area contributed by atoms with E-state index < -0.39 is 16.1 Å². The van der Waals surface area contributed by atoms with Crippen molar-refractivity contribution in [3.63, 3.8) is 0 Å². The van der Waals surface area contributed by atoms with Crippen molar-refractivity contribution in [1.29, 1.82) is 0 Å². The Balaban J connectivity index is 0.961. The van der Waals surface area contributed by atoms with E-state index in [1.165, 1.54) is 66.0 Å². The number of rotatable bonds is 10. The first kappa shape index (κ1) is 35.1. The molecule has 6 aromatic carbocycles. The van der Waals surface area contributed by atoms with Crippen molar-refractivity contribution in [2.45, 2.75) is 26.2 Å². The normalized spacial score (nSPS) is 15.7. The van der Waals surface area contributed by atoms with Gasteiger partial charge in [0.1, 0.15) is 16.1 Å². The van der Waals surface area contributed by atoms with Crippen LogP contribution in [0.2, 0.25) is 26.2 Å². The Hall–Kier alpha value is -5.95. The topological polar surface area (TPSA) is 6.48 Å². The number of hydrogen-bond donors (Lipinski definition) is 0. The summed E-state index contributed by atoms with van der Waals surface area (Å²) >= 11 is 0. The second kappa shape index (κ2) is 14.8. The molecular formula is C50H46N2Si2. The lowest BCUT2D eigenvalue weighted by molar-refractivity contribution is 1.24. The Morgan fingerprint density at radius 1 is 0.333 bits per heavy atom. The summed E-state index contributed by atoms with van der Waals surface area (Å²) in [5.74, 6) is 0. The van der Waals surface area contributed by atoms with Crippen molar-refractivity contribution in [3.05, 3.63) is 227 Å². The molecule has 0 bridgehead atoms. The van der Waals surface area contributed by atoms with E-state index in [9.17, 15) is 0 Å². The fraction of sp³-hybridized carbons (Fsp3) is 0.0800. The maximum absolute atomic E-state index is 2.47. The average Bonchev–Trinajstić information content (AvgIpc) is 3.69. The molecule has 54 heavy (non-hydrogen) atoms. The summed E-state index contributed by atoms with van der Waals surface area (Å²) in [7, 11) is -4.02.